The third-order valence-corrected chi connectivity index (χ3v) is 6.49. The van der Waals surface area contributed by atoms with Crippen molar-refractivity contribution in [2.75, 3.05) is 5.75 Å². The molecule has 0 aliphatic rings. The topological polar surface area (TPSA) is 80.7 Å². The molecule has 1 unspecified atom stereocenters. The van der Waals surface area contributed by atoms with Crippen LogP contribution in [0.1, 0.15) is 50.8 Å². The third-order valence-electron chi connectivity index (χ3n) is 4.57. The van der Waals surface area contributed by atoms with E-state index in [1.54, 1.807) is 27.7 Å². The first-order chi connectivity index (χ1) is 15.1. The molecule has 0 heterocycles. The number of carboxylic acid groups (broad SMARTS) is 1. The number of aliphatic carboxylic acids is 1. The van der Waals surface area contributed by atoms with Gasteiger partial charge in [0.25, 0.3) is 0 Å². The average Bonchev–Trinajstić information content (AvgIpc) is 2.69. The molecule has 0 spiro atoms. The predicted octanol–water partition coefficient (Wildman–Crippen LogP) is 5.17. The first-order valence-corrected chi connectivity index (χ1v) is 11.8. The van der Waals surface area contributed by atoms with Gasteiger partial charge in [0, 0.05) is 11.0 Å². The van der Waals surface area contributed by atoms with Gasteiger partial charge in [-0.05, 0) is 42.8 Å². The molecule has 0 bridgehead atoms. The number of carbonyl (C=O) groups is 1. The van der Waals surface area contributed by atoms with E-state index in [-0.39, 0.29) is 27.5 Å². The molecule has 178 valence electrons. The highest BCUT2D eigenvalue weighted by Crippen LogP contribution is 2.34. The standard InChI is InChI=1S/C24H25F3O5S/c1-5-13-33(30,31)19-8-6-7-16(14-19)9-10-17-15-18(24(25,26)27)11-12-20(17)32-21(22(28)29)23(2,3)4/h6-8,11-12,14-15,21H,5,13H2,1-4H3,(H,28,29). The monoisotopic (exact) mass is 482 g/mol. The number of hydrogen-bond donors (Lipinski definition) is 1. The van der Waals surface area contributed by atoms with Crippen LogP contribution < -0.4 is 4.74 Å². The van der Waals surface area contributed by atoms with Gasteiger partial charge in [0.2, 0.25) is 0 Å². The Morgan fingerprint density at radius 2 is 1.76 bits per heavy atom. The maximum atomic E-state index is 13.2. The summed E-state index contributed by atoms with van der Waals surface area (Å²) in [7, 11) is -3.50. The smallest absolute Gasteiger partial charge is 0.416 e. The minimum Gasteiger partial charge on any atom is -0.478 e. The fraction of sp³-hybridized carbons (Fsp3) is 0.375. The van der Waals surface area contributed by atoms with Crippen molar-refractivity contribution in [1.29, 1.82) is 0 Å². The van der Waals surface area contributed by atoms with Crippen molar-refractivity contribution in [1.82, 2.24) is 0 Å². The minimum absolute atomic E-state index is 0.0428. The Kier molecular flexibility index (Phi) is 7.86. The summed E-state index contributed by atoms with van der Waals surface area (Å²) in [5.41, 5.74) is -1.70. The fourth-order valence-electron chi connectivity index (χ4n) is 2.92. The van der Waals surface area contributed by atoms with Crippen molar-refractivity contribution >= 4 is 15.8 Å². The SMILES string of the molecule is CCCS(=O)(=O)c1cccc(C#Cc2cc(C(F)(F)F)ccc2OC(C(=O)O)C(C)(C)C)c1. The molecule has 0 radical (unpaired) electrons. The van der Waals surface area contributed by atoms with E-state index in [1.807, 2.05) is 0 Å². The number of carboxylic acids is 1. The highest BCUT2D eigenvalue weighted by atomic mass is 32.2. The van der Waals surface area contributed by atoms with E-state index < -0.39 is 39.1 Å². The Morgan fingerprint density at radius 3 is 2.30 bits per heavy atom. The van der Waals surface area contributed by atoms with Crippen molar-refractivity contribution in [3.63, 3.8) is 0 Å². The Hall–Kier alpha value is -2.99. The van der Waals surface area contributed by atoms with E-state index in [1.165, 1.54) is 24.3 Å². The van der Waals surface area contributed by atoms with Gasteiger partial charge in [-0.25, -0.2) is 13.2 Å². The summed E-state index contributed by atoms with van der Waals surface area (Å²) in [4.78, 5) is 11.7. The zero-order chi connectivity index (χ0) is 25.0. The van der Waals surface area contributed by atoms with Crippen LogP contribution in [0.15, 0.2) is 47.4 Å². The second kappa shape index (κ2) is 9.87. The van der Waals surface area contributed by atoms with E-state index in [0.717, 1.165) is 18.2 Å². The highest BCUT2D eigenvalue weighted by Gasteiger charge is 2.35. The average molecular weight is 483 g/mol. The van der Waals surface area contributed by atoms with Gasteiger partial charge >= 0.3 is 12.1 Å². The summed E-state index contributed by atoms with van der Waals surface area (Å²) in [6.45, 7) is 6.62. The molecule has 1 atom stereocenters. The number of hydrogen-bond acceptors (Lipinski definition) is 4. The predicted molar refractivity (Wildman–Crippen MR) is 118 cm³/mol. The molecule has 0 aliphatic heterocycles. The molecule has 0 aliphatic carbocycles. The molecular weight excluding hydrogens is 457 g/mol. The zero-order valence-electron chi connectivity index (χ0n) is 18.7. The maximum absolute atomic E-state index is 13.2. The van der Waals surface area contributed by atoms with Gasteiger partial charge in [0.05, 0.1) is 21.8 Å². The molecule has 0 saturated heterocycles. The van der Waals surface area contributed by atoms with Crippen molar-refractivity contribution in [3.8, 4) is 17.6 Å². The quantitative estimate of drug-likeness (QED) is 0.575. The maximum Gasteiger partial charge on any atom is 0.416 e. The molecule has 1 N–H and O–H groups in total. The lowest BCUT2D eigenvalue weighted by molar-refractivity contribution is -0.150. The van der Waals surface area contributed by atoms with Crippen LogP contribution in [0.2, 0.25) is 0 Å². The normalized spacial score (nSPS) is 13.1. The molecule has 0 amide bonds. The van der Waals surface area contributed by atoms with Gasteiger partial charge < -0.3 is 9.84 Å². The Balaban J connectivity index is 2.56. The van der Waals surface area contributed by atoms with Crippen LogP contribution in [0, 0.1) is 17.3 Å². The third kappa shape index (κ3) is 6.99. The summed E-state index contributed by atoms with van der Waals surface area (Å²) in [6.07, 6.45) is -5.54. The van der Waals surface area contributed by atoms with Crippen LogP contribution >= 0.6 is 0 Å². The van der Waals surface area contributed by atoms with Crippen LogP contribution in [-0.4, -0.2) is 31.4 Å². The van der Waals surface area contributed by atoms with Gasteiger partial charge in [-0.15, -0.1) is 0 Å². The molecule has 2 rings (SSSR count). The summed E-state index contributed by atoms with van der Waals surface area (Å²) >= 11 is 0. The van der Waals surface area contributed by atoms with E-state index in [0.29, 0.717) is 6.42 Å². The molecule has 33 heavy (non-hydrogen) atoms. The van der Waals surface area contributed by atoms with Gasteiger partial charge in [-0.1, -0.05) is 45.6 Å². The molecule has 5 nitrogen and oxygen atoms in total. The Morgan fingerprint density at radius 1 is 1.09 bits per heavy atom. The van der Waals surface area contributed by atoms with Gasteiger partial charge in [0.15, 0.2) is 15.9 Å². The van der Waals surface area contributed by atoms with Crippen molar-refractivity contribution < 1.29 is 36.2 Å². The first kappa shape index (κ1) is 26.3. The minimum atomic E-state index is -4.64. The van der Waals surface area contributed by atoms with Crippen molar-refractivity contribution in [2.24, 2.45) is 5.41 Å². The number of ether oxygens (including phenoxy) is 1. The van der Waals surface area contributed by atoms with Gasteiger partial charge in [-0.3, -0.25) is 0 Å². The molecule has 9 heteroatoms. The highest BCUT2D eigenvalue weighted by molar-refractivity contribution is 7.91. The van der Waals surface area contributed by atoms with E-state index in [9.17, 15) is 31.5 Å². The van der Waals surface area contributed by atoms with Gasteiger partial charge in [-0.2, -0.15) is 13.2 Å². The molecule has 2 aromatic carbocycles. The van der Waals surface area contributed by atoms with Crippen LogP contribution in [0.25, 0.3) is 0 Å². The summed E-state index contributed by atoms with van der Waals surface area (Å²) < 4.78 is 69.9. The van der Waals surface area contributed by atoms with Crippen molar-refractivity contribution in [3.05, 3.63) is 59.2 Å². The summed E-state index contributed by atoms with van der Waals surface area (Å²) in [6, 6.07) is 8.41. The number of rotatable bonds is 6. The molecule has 0 saturated carbocycles. The van der Waals surface area contributed by atoms with Crippen LogP contribution in [-0.2, 0) is 20.8 Å². The second-order valence-electron chi connectivity index (χ2n) is 8.51. The van der Waals surface area contributed by atoms with E-state index in [4.69, 9.17) is 4.74 Å². The van der Waals surface area contributed by atoms with Gasteiger partial charge in [0.1, 0.15) is 5.75 Å². The molecular formula is C24H25F3O5S. The van der Waals surface area contributed by atoms with E-state index in [2.05, 4.69) is 11.8 Å². The lowest BCUT2D eigenvalue weighted by Gasteiger charge is -2.28. The van der Waals surface area contributed by atoms with Crippen LogP contribution in [0.4, 0.5) is 13.2 Å². The Labute approximate surface area is 191 Å². The fourth-order valence-corrected chi connectivity index (χ4v) is 4.29. The number of alkyl halides is 3. The number of sulfone groups is 1. The van der Waals surface area contributed by atoms with Crippen LogP contribution in [0.5, 0.6) is 5.75 Å². The molecule has 0 fully saturated rings. The van der Waals surface area contributed by atoms with E-state index >= 15 is 0 Å². The Bertz CT molecular complexity index is 1180. The molecule has 2 aromatic rings. The van der Waals surface area contributed by atoms with Crippen molar-refractivity contribution in [2.45, 2.75) is 51.3 Å². The number of benzene rings is 2. The largest absolute Gasteiger partial charge is 0.478 e. The van der Waals surface area contributed by atoms with Crippen LogP contribution in [0.3, 0.4) is 0 Å². The summed E-state index contributed by atoms with van der Waals surface area (Å²) in [5, 5.41) is 9.51. The zero-order valence-corrected chi connectivity index (χ0v) is 19.5. The first-order valence-electron chi connectivity index (χ1n) is 10.1. The lowest BCUT2D eigenvalue weighted by atomic mass is 9.89. The summed E-state index contributed by atoms with van der Waals surface area (Å²) in [5.74, 6) is 3.82. The second-order valence-corrected chi connectivity index (χ2v) is 10.6. The molecule has 0 aromatic heterocycles. The lowest BCUT2D eigenvalue weighted by Crippen LogP contribution is -2.39. The number of halogens is 3.